The smallest absolute Gasteiger partial charge is 0.409 e. The van der Waals surface area contributed by atoms with Gasteiger partial charge < -0.3 is 28.9 Å². The summed E-state index contributed by atoms with van der Waals surface area (Å²) in [4.78, 5) is 41.3. The molecule has 2 aliphatic heterocycles. The molecule has 2 aliphatic rings. The van der Waals surface area contributed by atoms with Gasteiger partial charge in [0.15, 0.2) is 11.5 Å². The van der Waals surface area contributed by atoms with Gasteiger partial charge in [-0.05, 0) is 19.1 Å². The number of benzene rings is 1. The van der Waals surface area contributed by atoms with E-state index in [-0.39, 0.29) is 24.5 Å². The summed E-state index contributed by atoms with van der Waals surface area (Å²) < 4.78 is 16.0. The second kappa shape index (κ2) is 8.81. The topological polar surface area (TPSA) is 88.6 Å². The van der Waals surface area contributed by atoms with Gasteiger partial charge in [0.25, 0.3) is 0 Å². The van der Waals surface area contributed by atoms with Crippen molar-refractivity contribution in [1.82, 2.24) is 9.80 Å². The summed E-state index contributed by atoms with van der Waals surface area (Å²) >= 11 is 0. The third-order valence-corrected chi connectivity index (χ3v) is 4.67. The predicted octanol–water partition coefficient (Wildman–Crippen LogP) is 1.11. The summed E-state index contributed by atoms with van der Waals surface area (Å²) in [7, 11) is 0. The molecular weight excluding hydrogens is 366 g/mol. The van der Waals surface area contributed by atoms with Crippen molar-refractivity contribution in [3.05, 3.63) is 18.2 Å². The summed E-state index contributed by atoms with van der Waals surface area (Å²) in [5, 5.41) is 0. The number of piperazine rings is 1. The number of hydrogen-bond donors (Lipinski definition) is 0. The van der Waals surface area contributed by atoms with E-state index >= 15 is 0 Å². The molecule has 1 aromatic rings. The summed E-state index contributed by atoms with van der Waals surface area (Å²) in [5.41, 5.74) is 0.579. The number of nitrogens with zero attached hydrogens (tertiary/aromatic N) is 3. The molecule has 0 aliphatic carbocycles. The highest BCUT2D eigenvalue weighted by Gasteiger charge is 2.27. The van der Waals surface area contributed by atoms with Crippen LogP contribution in [0.1, 0.15) is 13.8 Å². The molecule has 0 spiro atoms. The molecule has 2 heterocycles. The van der Waals surface area contributed by atoms with Crippen molar-refractivity contribution in [3.8, 4) is 11.5 Å². The Bertz CT molecular complexity index is 745. The second-order valence-corrected chi connectivity index (χ2v) is 6.50. The minimum absolute atomic E-state index is 0.0750. The SMILES string of the molecule is CCOC(=O)N1CCN(C(=O)CN(C(C)=O)c2ccc3c(c2)OCCO3)CC1. The largest absolute Gasteiger partial charge is 0.486 e. The first kappa shape index (κ1) is 19.8. The van der Waals surface area contributed by atoms with Crippen LogP contribution in [-0.2, 0) is 14.3 Å². The Morgan fingerprint density at radius 1 is 1.04 bits per heavy atom. The summed E-state index contributed by atoms with van der Waals surface area (Å²) in [5.74, 6) is 0.772. The number of ether oxygens (including phenoxy) is 3. The maximum atomic E-state index is 12.7. The average molecular weight is 391 g/mol. The Labute approximate surface area is 163 Å². The Morgan fingerprint density at radius 2 is 1.68 bits per heavy atom. The first-order chi connectivity index (χ1) is 13.5. The highest BCUT2D eigenvalue weighted by molar-refractivity contribution is 5.97. The molecule has 9 nitrogen and oxygen atoms in total. The highest BCUT2D eigenvalue weighted by Crippen LogP contribution is 2.34. The molecule has 28 heavy (non-hydrogen) atoms. The average Bonchev–Trinajstić information content (AvgIpc) is 2.71. The summed E-state index contributed by atoms with van der Waals surface area (Å²) in [6.45, 7) is 5.99. The Morgan fingerprint density at radius 3 is 2.32 bits per heavy atom. The lowest BCUT2D eigenvalue weighted by molar-refractivity contribution is -0.132. The molecule has 152 valence electrons. The van der Waals surface area contributed by atoms with E-state index in [2.05, 4.69) is 0 Å². The molecule has 1 fully saturated rings. The van der Waals surface area contributed by atoms with Crippen molar-refractivity contribution in [2.24, 2.45) is 0 Å². The molecule has 0 N–H and O–H groups in total. The lowest BCUT2D eigenvalue weighted by atomic mass is 10.2. The number of carbonyl (C=O) groups excluding carboxylic acids is 3. The van der Waals surface area contributed by atoms with Crippen molar-refractivity contribution < 1.29 is 28.6 Å². The molecule has 0 atom stereocenters. The molecule has 3 rings (SSSR count). The number of fused-ring (bicyclic) bond motifs is 1. The fraction of sp³-hybridized carbons (Fsp3) is 0.526. The first-order valence-corrected chi connectivity index (χ1v) is 9.37. The number of hydrogen-bond acceptors (Lipinski definition) is 6. The van der Waals surface area contributed by atoms with Crippen molar-refractivity contribution >= 4 is 23.6 Å². The van der Waals surface area contributed by atoms with Crippen LogP contribution in [0, 0.1) is 0 Å². The van der Waals surface area contributed by atoms with Gasteiger partial charge in [-0.25, -0.2) is 4.79 Å². The Balaban J connectivity index is 1.63. The van der Waals surface area contributed by atoms with Crippen LogP contribution in [0.3, 0.4) is 0 Å². The van der Waals surface area contributed by atoms with Gasteiger partial charge in [0.2, 0.25) is 11.8 Å². The van der Waals surface area contributed by atoms with E-state index in [1.807, 2.05) is 0 Å². The molecule has 0 aromatic heterocycles. The molecule has 1 aromatic carbocycles. The lowest BCUT2D eigenvalue weighted by Gasteiger charge is -2.35. The lowest BCUT2D eigenvalue weighted by Crippen LogP contribution is -2.53. The van der Waals surface area contributed by atoms with Crippen LogP contribution in [0.2, 0.25) is 0 Å². The van der Waals surface area contributed by atoms with E-state index in [9.17, 15) is 14.4 Å². The summed E-state index contributed by atoms with van der Waals surface area (Å²) in [6.07, 6.45) is -0.365. The Kier molecular flexibility index (Phi) is 6.23. The van der Waals surface area contributed by atoms with Crippen LogP contribution in [-0.4, -0.2) is 80.3 Å². The van der Waals surface area contributed by atoms with Crippen molar-refractivity contribution in [2.45, 2.75) is 13.8 Å². The van der Waals surface area contributed by atoms with Crippen molar-refractivity contribution in [3.63, 3.8) is 0 Å². The van der Waals surface area contributed by atoms with Gasteiger partial charge in [0.1, 0.15) is 19.8 Å². The minimum Gasteiger partial charge on any atom is -0.486 e. The van der Waals surface area contributed by atoms with E-state index in [0.717, 1.165) is 0 Å². The van der Waals surface area contributed by atoms with Gasteiger partial charge in [-0.2, -0.15) is 0 Å². The quantitative estimate of drug-likeness (QED) is 0.764. The standard InChI is InChI=1S/C19H25N3O6/c1-3-26-19(25)21-8-6-20(7-9-21)18(24)13-22(14(2)23)15-4-5-16-17(12-15)28-11-10-27-16/h4-5,12H,3,6-11,13H2,1-2H3. The van der Waals surface area contributed by atoms with Crippen LogP contribution in [0.4, 0.5) is 10.5 Å². The van der Waals surface area contributed by atoms with E-state index in [1.165, 1.54) is 11.8 Å². The van der Waals surface area contributed by atoms with Gasteiger partial charge >= 0.3 is 6.09 Å². The molecular formula is C19H25N3O6. The normalized spacial score (nSPS) is 15.8. The maximum absolute atomic E-state index is 12.7. The van der Waals surface area contributed by atoms with Crippen LogP contribution in [0.5, 0.6) is 11.5 Å². The first-order valence-electron chi connectivity index (χ1n) is 9.37. The molecule has 3 amide bonds. The molecule has 9 heteroatoms. The molecule has 1 saturated heterocycles. The number of anilines is 1. The van der Waals surface area contributed by atoms with Gasteiger partial charge in [-0.1, -0.05) is 0 Å². The third-order valence-electron chi connectivity index (χ3n) is 4.67. The minimum atomic E-state index is -0.365. The monoisotopic (exact) mass is 391 g/mol. The van der Waals surface area contributed by atoms with Crippen LogP contribution in [0.15, 0.2) is 18.2 Å². The van der Waals surface area contributed by atoms with E-state index in [1.54, 1.807) is 34.9 Å². The van der Waals surface area contributed by atoms with Gasteiger partial charge in [-0.3, -0.25) is 9.59 Å². The zero-order chi connectivity index (χ0) is 20.1. The van der Waals surface area contributed by atoms with Crippen LogP contribution < -0.4 is 14.4 Å². The highest BCUT2D eigenvalue weighted by atomic mass is 16.6. The van der Waals surface area contributed by atoms with Crippen molar-refractivity contribution in [1.29, 1.82) is 0 Å². The third kappa shape index (κ3) is 4.47. The van der Waals surface area contributed by atoms with Crippen LogP contribution in [0.25, 0.3) is 0 Å². The van der Waals surface area contributed by atoms with Crippen LogP contribution >= 0.6 is 0 Å². The summed E-state index contributed by atoms with van der Waals surface area (Å²) in [6, 6.07) is 5.19. The predicted molar refractivity (Wildman–Crippen MR) is 101 cm³/mol. The van der Waals surface area contributed by atoms with Crippen molar-refractivity contribution in [2.75, 3.05) is 57.4 Å². The maximum Gasteiger partial charge on any atom is 0.409 e. The molecule has 0 radical (unpaired) electrons. The fourth-order valence-corrected chi connectivity index (χ4v) is 3.17. The van der Waals surface area contributed by atoms with E-state index in [4.69, 9.17) is 14.2 Å². The number of rotatable bonds is 4. The van der Waals surface area contributed by atoms with Gasteiger partial charge in [-0.15, -0.1) is 0 Å². The van der Waals surface area contributed by atoms with Gasteiger partial charge in [0, 0.05) is 44.9 Å². The Hall–Kier alpha value is -2.97. The molecule has 0 unspecified atom stereocenters. The fourth-order valence-electron chi connectivity index (χ4n) is 3.17. The number of amides is 3. The van der Waals surface area contributed by atoms with E-state index in [0.29, 0.717) is 63.2 Å². The van der Waals surface area contributed by atoms with E-state index < -0.39 is 0 Å². The van der Waals surface area contributed by atoms with Gasteiger partial charge in [0.05, 0.1) is 6.61 Å². The number of carbonyl (C=O) groups is 3. The molecule has 0 bridgehead atoms. The second-order valence-electron chi connectivity index (χ2n) is 6.50. The zero-order valence-electron chi connectivity index (χ0n) is 16.2. The molecule has 0 saturated carbocycles. The zero-order valence-corrected chi connectivity index (χ0v) is 16.2.